The number of rotatable bonds is 16. The molecule has 0 aromatic heterocycles. The number of ether oxygens (including phenoxy) is 3. The summed E-state index contributed by atoms with van der Waals surface area (Å²) >= 11 is 0. The van der Waals surface area contributed by atoms with E-state index in [4.69, 9.17) is 14.2 Å². The lowest BCUT2D eigenvalue weighted by Gasteiger charge is -2.37. The van der Waals surface area contributed by atoms with Gasteiger partial charge in [0.15, 0.2) is 0 Å². The van der Waals surface area contributed by atoms with Crippen molar-refractivity contribution >= 4 is 11.9 Å². The molecule has 0 aliphatic heterocycles. The minimum atomic E-state index is -0.605. The molecule has 0 saturated heterocycles. The molecule has 6 heteroatoms. The van der Waals surface area contributed by atoms with Crippen LogP contribution in [0.3, 0.4) is 0 Å². The van der Waals surface area contributed by atoms with Crippen molar-refractivity contribution in [2.75, 3.05) is 13.2 Å². The quantitative estimate of drug-likeness (QED) is 0.115. The molecule has 0 unspecified atom stereocenters. The third-order valence-corrected chi connectivity index (χ3v) is 8.82. The maximum Gasteiger partial charge on any atom is 0.341 e. The van der Waals surface area contributed by atoms with Gasteiger partial charge < -0.3 is 14.2 Å². The summed E-state index contributed by atoms with van der Waals surface area (Å²) < 4.78 is 31.1. The van der Waals surface area contributed by atoms with Gasteiger partial charge in [-0.1, -0.05) is 52.0 Å². The van der Waals surface area contributed by atoms with Gasteiger partial charge >= 0.3 is 11.9 Å². The summed E-state index contributed by atoms with van der Waals surface area (Å²) in [4.78, 5) is 24.0. The minimum Gasteiger partial charge on any atom is -0.493 e. The topological polar surface area (TPSA) is 61.8 Å². The van der Waals surface area contributed by atoms with Crippen LogP contribution >= 0.6 is 0 Å². The normalized spacial score (nSPS) is 22.9. The monoisotopic (exact) mass is 558 g/mol. The van der Waals surface area contributed by atoms with Crippen LogP contribution in [0.5, 0.6) is 5.75 Å². The lowest BCUT2D eigenvalue weighted by Crippen LogP contribution is -2.30. The van der Waals surface area contributed by atoms with Crippen molar-refractivity contribution in [3.05, 3.63) is 41.7 Å². The number of esters is 2. The van der Waals surface area contributed by atoms with E-state index in [0.29, 0.717) is 24.5 Å². The van der Waals surface area contributed by atoms with Gasteiger partial charge in [0.25, 0.3) is 0 Å². The van der Waals surface area contributed by atoms with E-state index in [1.165, 1.54) is 63.5 Å². The van der Waals surface area contributed by atoms with E-state index in [9.17, 15) is 14.0 Å². The maximum absolute atomic E-state index is 14.7. The molecular weight excluding hydrogens is 507 g/mol. The van der Waals surface area contributed by atoms with Crippen LogP contribution in [-0.4, -0.2) is 31.3 Å². The fourth-order valence-corrected chi connectivity index (χ4v) is 6.31. The van der Waals surface area contributed by atoms with Gasteiger partial charge in [-0.3, -0.25) is 0 Å². The van der Waals surface area contributed by atoms with E-state index in [2.05, 4.69) is 13.5 Å². The van der Waals surface area contributed by atoms with Gasteiger partial charge in [-0.15, -0.1) is 0 Å². The average Bonchev–Trinajstić information content (AvgIpc) is 2.95. The zero-order valence-electron chi connectivity index (χ0n) is 24.9. The average molecular weight is 559 g/mol. The highest BCUT2D eigenvalue weighted by molar-refractivity contribution is 5.90. The van der Waals surface area contributed by atoms with E-state index >= 15 is 0 Å². The molecule has 0 radical (unpaired) electrons. The smallest absolute Gasteiger partial charge is 0.341 e. The predicted molar refractivity (Wildman–Crippen MR) is 157 cm³/mol. The first-order chi connectivity index (χ1) is 19.4. The summed E-state index contributed by atoms with van der Waals surface area (Å²) in [5.74, 6) is 1.38. The Morgan fingerprint density at radius 3 is 2.15 bits per heavy atom. The van der Waals surface area contributed by atoms with Crippen molar-refractivity contribution in [3.8, 4) is 5.75 Å². The Labute approximate surface area is 241 Å². The van der Waals surface area contributed by atoms with Gasteiger partial charge in [-0.25, -0.2) is 14.0 Å². The fraction of sp³-hybridized carbons (Fsp3) is 0.706. The summed E-state index contributed by atoms with van der Waals surface area (Å²) in [6, 6.07) is 4.36. The highest BCUT2D eigenvalue weighted by atomic mass is 19.1. The second kappa shape index (κ2) is 17.4. The number of hydrogen-bond acceptors (Lipinski definition) is 5. The van der Waals surface area contributed by atoms with Gasteiger partial charge in [0.2, 0.25) is 0 Å². The first-order valence-electron chi connectivity index (χ1n) is 15.8. The second-order valence-corrected chi connectivity index (χ2v) is 12.0. The van der Waals surface area contributed by atoms with Crippen LogP contribution in [0, 0.1) is 23.6 Å². The molecule has 2 fully saturated rings. The molecule has 0 amide bonds. The Balaban J connectivity index is 1.29. The van der Waals surface area contributed by atoms with E-state index in [1.54, 1.807) is 13.0 Å². The van der Waals surface area contributed by atoms with Crippen LogP contribution in [0.4, 0.5) is 4.39 Å². The van der Waals surface area contributed by atoms with Gasteiger partial charge in [0.1, 0.15) is 17.7 Å². The molecule has 2 saturated carbocycles. The summed E-state index contributed by atoms with van der Waals surface area (Å²) in [6.45, 7) is 8.30. The number of carbonyl (C=O) groups is 2. The lowest BCUT2D eigenvalue weighted by molar-refractivity contribution is -0.139. The molecule has 2 aliphatic rings. The van der Waals surface area contributed by atoms with Crippen LogP contribution in [0.1, 0.15) is 127 Å². The molecular formula is C34H51FO5. The summed E-state index contributed by atoms with van der Waals surface area (Å²) in [5, 5.41) is 0. The minimum absolute atomic E-state index is 0.0276. The number of hydrogen-bond donors (Lipinski definition) is 0. The Morgan fingerprint density at radius 1 is 0.875 bits per heavy atom. The van der Waals surface area contributed by atoms with E-state index in [-0.39, 0.29) is 17.6 Å². The van der Waals surface area contributed by atoms with Gasteiger partial charge in [-0.2, -0.15) is 0 Å². The van der Waals surface area contributed by atoms with Crippen molar-refractivity contribution in [2.45, 2.75) is 123 Å². The maximum atomic E-state index is 14.7. The van der Waals surface area contributed by atoms with Crippen LogP contribution < -0.4 is 4.74 Å². The second-order valence-electron chi connectivity index (χ2n) is 12.0. The molecule has 3 rings (SSSR count). The first kappa shape index (κ1) is 32.1. The summed E-state index contributed by atoms with van der Waals surface area (Å²) in [7, 11) is 0. The molecule has 40 heavy (non-hydrogen) atoms. The zero-order valence-corrected chi connectivity index (χ0v) is 24.9. The van der Waals surface area contributed by atoms with Crippen LogP contribution in [0.25, 0.3) is 0 Å². The predicted octanol–water partition coefficient (Wildman–Crippen LogP) is 8.99. The molecule has 0 bridgehead atoms. The van der Waals surface area contributed by atoms with Crippen molar-refractivity contribution in [3.63, 3.8) is 0 Å². The Morgan fingerprint density at radius 2 is 1.52 bits per heavy atom. The SMILES string of the molecule is C=C(C)C(=O)OCCCCCCOc1ccc(C(=O)OC2CCC(C3CCC(CCCCC)CC3)CC2)c(F)c1. The van der Waals surface area contributed by atoms with E-state index in [0.717, 1.165) is 69.1 Å². The third kappa shape index (κ3) is 10.9. The summed E-state index contributed by atoms with van der Waals surface area (Å²) in [5.41, 5.74) is 0.378. The molecule has 0 atom stereocenters. The molecule has 1 aromatic carbocycles. The van der Waals surface area contributed by atoms with Crippen molar-refractivity contribution in [2.24, 2.45) is 17.8 Å². The highest BCUT2D eigenvalue weighted by Gasteiger charge is 2.32. The number of unbranched alkanes of at least 4 members (excludes halogenated alkanes) is 5. The van der Waals surface area contributed by atoms with Gasteiger partial charge in [-0.05, 0) is 101 Å². The fourth-order valence-electron chi connectivity index (χ4n) is 6.31. The number of halogens is 1. The Kier molecular flexibility index (Phi) is 14.0. The molecule has 0 N–H and O–H groups in total. The van der Waals surface area contributed by atoms with Crippen LogP contribution in [-0.2, 0) is 14.3 Å². The first-order valence-corrected chi connectivity index (χ1v) is 15.8. The van der Waals surface area contributed by atoms with Crippen LogP contribution in [0.2, 0.25) is 0 Å². The molecule has 2 aliphatic carbocycles. The standard InChI is InChI=1S/C34H51FO5/c1-4-5-8-11-26-12-14-27(15-13-26)28-16-18-29(19-17-28)40-34(37)31-21-20-30(24-32(31)35)38-22-9-6-7-10-23-39-33(36)25(2)3/h20-21,24,26-29H,2,4-19,22-23H2,1,3H3. The molecule has 0 spiro atoms. The van der Waals surface area contributed by atoms with Gasteiger partial charge in [0.05, 0.1) is 18.8 Å². The Bertz CT molecular complexity index is 928. The zero-order chi connectivity index (χ0) is 28.7. The van der Waals surface area contributed by atoms with E-state index < -0.39 is 11.8 Å². The number of carbonyl (C=O) groups excluding carboxylic acids is 2. The Hall–Kier alpha value is -2.37. The van der Waals surface area contributed by atoms with Gasteiger partial charge in [0, 0.05) is 11.6 Å². The molecule has 5 nitrogen and oxygen atoms in total. The summed E-state index contributed by atoms with van der Waals surface area (Å²) in [6.07, 6.45) is 18.2. The van der Waals surface area contributed by atoms with E-state index in [1.807, 2.05) is 0 Å². The largest absolute Gasteiger partial charge is 0.493 e. The third-order valence-electron chi connectivity index (χ3n) is 8.82. The van der Waals surface area contributed by atoms with Crippen molar-refractivity contribution in [1.82, 2.24) is 0 Å². The highest BCUT2D eigenvalue weighted by Crippen LogP contribution is 2.41. The van der Waals surface area contributed by atoms with Crippen molar-refractivity contribution < 1.29 is 28.2 Å². The van der Waals surface area contributed by atoms with Crippen molar-refractivity contribution in [1.29, 1.82) is 0 Å². The number of benzene rings is 1. The molecule has 224 valence electrons. The molecule has 0 heterocycles. The van der Waals surface area contributed by atoms with Crippen LogP contribution in [0.15, 0.2) is 30.4 Å². The molecule has 1 aromatic rings. The lowest BCUT2D eigenvalue weighted by atomic mass is 9.70.